The molecule has 0 bridgehead atoms. The van der Waals surface area contributed by atoms with Crippen molar-refractivity contribution >= 4 is 29.2 Å². The Morgan fingerprint density at radius 1 is 1.04 bits per heavy atom. The average molecular weight is 375 g/mol. The Morgan fingerprint density at radius 3 is 2.16 bits per heavy atom. The lowest BCUT2D eigenvalue weighted by Crippen LogP contribution is -2.07. The molecule has 3 rings (SSSR count). The fourth-order valence-electron chi connectivity index (χ4n) is 2.59. The zero-order valence-corrected chi connectivity index (χ0v) is 15.3. The Labute approximate surface area is 156 Å². The number of hydrogen-bond donors (Lipinski definition) is 0. The molecule has 1 aromatic heterocycles. The maximum atomic E-state index is 12.3. The predicted octanol–water partition coefficient (Wildman–Crippen LogP) is 5.33. The van der Waals surface area contributed by atoms with Crippen LogP contribution in [0, 0.1) is 6.92 Å². The van der Waals surface area contributed by atoms with Crippen molar-refractivity contribution in [1.29, 1.82) is 0 Å². The first-order valence-electron chi connectivity index (χ1n) is 7.79. The highest BCUT2D eigenvalue weighted by Crippen LogP contribution is 2.28. The molecule has 0 unspecified atom stereocenters. The normalized spacial score (nSPS) is 10.7. The van der Waals surface area contributed by atoms with Gasteiger partial charge in [-0.1, -0.05) is 23.2 Å². The van der Waals surface area contributed by atoms with E-state index in [0.717, 1.165) is 11.3 Å². The number of halogens is 2. The van der Waals surface area contributed by atoms with Gasteiger partial charge in [0.1, 0.15) is 5.82 Å². The number of rotatable bonds is 4. The van der Waals surface area contributed by atoms with Crippen molar-refractivity contribution in [3.63, 3.8) is 0 Å². The third kappa shape index (κ3) is 3.55. The molecule has 0 atom stereocenters. The van der Waals surface area contributed by atoms with Crippen molar-refractivity contribution in [2.24, 2.45) is 0 Å². The third-order valence-corrected chi connectivity index (χ3v) is 4.27. The number of carbonyl (C=O) groups excluding carboxylic acids is 1. The molecule has 128 valence electrons. The number of nitrogens with zero attached hydrogens (tertiary/aromatic N) is 2. The van der Waals surface area contributed by atoms with Gasteiger partial charge in [0.2, 0.25) is 0 Å². The fraction of sp³-hybridized carbons (Fsp3) is 0.158. The molecule has 0 N–H and O–H groups in total. The van der Waals surface area contributed by atoms with Crippen LogP contribution in [0.5, 0.6) is 0 Å². The van der Waals surface area contributed by atoms with E-state index in [4.69, 9.17) is 27.9 Å². The van der Waals surface area contributed by atoms with Crippen LogP contribution in [-0.2, 0) is 4.74 Å². The summed E-state index contributed by atoms with van der Waals surface area (Å²) in [6.07, 6.45) is 0. The van der Waals surface area contributed by atoms with E-state index in [1.165, 1.54) is 0 Å². The summed E-state index contributed by atoms with van der Waals surface area (Å²) in [6, 6.07) is 14.7. The van der Waals surface area contributed by atoms with Crippen molar-refractivity contribution in [3.05, 3.63) is 70.0 Å². The van der Waals surface area contributed by atoms with Gasteiger partial charge in [-0.15, -0.1) is 0 Å². The van der Waals surface area contributed by atoms with Crippen molar-refractivity contribution < 1.29 is 9.53 Å². The summed E-state index contributed by atoms with van der Waals surface area (Å²) < 4.78 is 7.04. The van der Waals surface area contributed by atoms with Gasteiger partial charge in [-0.25, -0.2) is 9.78 Å². The second-order valence-electron chi connectivity index (χ2n) is 5.41. The van der Waals surface area contributed by atoms with Gasteiger partial charge in [0.25, 0.3) is 0 Å². The van der Waals surface area contributed by atoms with Gasteiger partial charge in [-0.3, -0.25) is 4.57 Å². The van der Waals surface area contributed by atoms with Crippen LogP contribution in [0.15, 0.2) is 48.5 Å². The van der Waals surface area contributed by atoms with Gasteiger partial charge in [0.15, 0.2) is 5.69 Å². The van der Waals surface area contributed by atoms with Gasteiger partial charge in [-0.2, -0.15) is 0 Å². The van der Waals surface area contributed by atoms with Crippen LogP contribution < -0.4 is 0 Å². The minimum absolute atomic E-state index is 0.293. The molecule has 25 heavy (non-hydrogen) atoms. The van der Waals surface area contributed by atoms with Crippen molar-refractivity contribution in [2.45, 2.75) is 13.8 Å². The predicted molar refractivity (Wildman–Crippen MR) is 99.7 cm³/mol. The Bertz CT molecular complexity index is 900. The molecule has 0 radical (unpaired) electrons. The zero-order valence-electron chi connectivity index (χ0n) is 13.8. The molecule has 4 nitrogen and oxygen atoms in total. The monoisotopic (exact) mass is 374 g/mol. The second kappa shape index (κ2) is 7.30. The standard InChI is InChI=1S/C19H16Cl2N2O2/c1-3-25-19(24)17-12(2)23(16-10-8-15(21)9-11-16)18(22-17)13-4-6-14(20)7-5-13/h4-11H,3H2,1-2H3. The average Bonchev–Trinajstić information content (AvgIpc) is 2.94. The lowest BCUT2D eigenvalue weighted by molar-refractivity contribution is 0.0519. The number of esters is 1. The van der Waals surface area contributed by atoms with Crippen LogP contribution in [0.25, 0.3) is 17.1 Å². The highest BCUT2D eigenvalue weighted by atomic mass is 35.5. The number of hydrogen-bond acceptors (Lipinski definition) is 3. The zero-order chi connectivity index (χ0) is 18.0. The van der Waals surface area contributed by atoms with Crippen LogP contribution in [0.4, 0.5) is 0 Å². The molecule has 0 aliphatic rings. The molecule has 2 aromatic carbocycles. The lowest BCUT2D eigenvalue weighted by atomic mass is 10.2. The van der Waals surface area contributed by atoms with Crippen LogP contribution in [0.3, 0.4) is 0 Å². The molecule has 0 aliphatic heterocycles. The molecule has 3 aromatic rings. The van der Waals surface area contributed by atoms with Crippen molar-refractivity contribution in [1.82, 2.24) is 9.55 Å². The minimum Gasteiger partial charge on any atom is -0.461 e. The van der Waals surface area contributed by atoms with E-state index in [0.29, 0.717) is 33.9 Å². The highest BCUT2D eigenvalue weighted by molar-refractivity contribution is 6.30. The Morgan fingerprint density at radius 2 is 1.60 bits per heavy atom. The molecular formula is C19H16Cl2N2O2. The van der Waals surface area contributed by atoms with Crippen LogP contribution in [0.1, 0.15) is 23.1 Å². The highest BCUT2D eigenvalue weighted by Gasteiger charge is 2.22. The summed E-state index contributed by atoms with van der Waals surface area (Å²) in [5.41, 5.74) is 2.69. The summed E-state index contributed by atoms with van der Waals surface area (Å²) in [4.78, 5) is 16.8. The lowest BCUT2D eigenvalue weighted by Gasteiger charge is -2.10. The summed E-state index contributed by atoms with van der Waals surface area (Å²) in [5.74, 6) is 0.197. The molecule has 6 heteroatoms. The van der Waals surface area contributed by atoms with E-state index in [-0.39, 0.29) is 0 Å². The van der Waals surface area contributed by atoms with Gasteiger partial charge in [-0.05, 0) is 62.4 Å². The molecular weight excluding hydrogens is 359 g/mol. The Hall–Kier alpha value is -2.30. The van der Waals surface area contributed by atoms with Gasteiger partial charge in [0.05, 0.1) is 12.3 Å². The first-order valence-corrected chi connectivity index (χ1v) is 8.55. The summed E-state index contributed by atoms with van der Waals surface area (Å²) in [6.45, 7) is 3.90. The summed E-state index contributed by atoms with van der Waals surface area (Å²) >= 11 is 12.0. The molecule has 0 saturated heterocycles. The number of imidazole rings is 1. The Balaban J connectivity index is 2.21. The van der Waals surface area contributed by atoms with Gasteiger partial charge in [0, 0.05) is 21.3 Å². The van der Waals surface area contributed by atoms with Gasteiger partial charge >= 0.3 is 5.97 Å². The SMILES string of the molecule is CCOC(=O)c1nc(-c2ccc(Cl)cc2)n(-c2ccc(Cl)cc2)c1C. The molecule has 0 saturated carbocycles. The van der Waals surface area contributed by atoms with Gasteiger partial charge < -0.3 is 4.74 Å². The van der Waals surface area contributed by atoms with E-state index in [9.17, 15) is 4.79 Å². The topological polar surface area (TPSA) is 44.1 Å². The molecule has 0 spiro atoms. The largest absolute Gasteiger partial charge is 0.461 e. The van der Waals surface area contributed by atoms with E-state index in [1.54, 1.807) is 31.2 Å². The fourth-order valence-corrected chi connectivity index (χ4v) is 2.85. The van der Waals surface area contributed by atoms with Crippen molar-refractivity contribution in [2.75, 3.05) is 6.61 Å². The minimum atomic E-state index is -0.442. The maximum absolute atomic E-state index is 12.3. The van der Waals surface area contributed by atoms with Crippen LogP contribution >= 0.6 is 23.2 Å². The first-order chi connectivity index (χ1) is 12.0. The second-order valence-corrected chi connectivity index (χ2v) is 6.28. The molecule has 1 heterocycles. The first kappa shape index (κ1) is 17.5. The van der Waals surface area contributed by atoms with Crippen LogP contribution in [0.2, 0.25) is 10.0 Å². The van der Waals surface area contributed by atoms with Crippen molar-refractivity contribution in [3.8, 4) is 17.1 Å². The maximum Gasteiger partial charge on any atom is 0.358 e. The summed E-state index contributed by atoms with van der Waals surface area (Å²) in [5, 5.41) is 1.27. The molecule has 0 fully saturated rings. The smallest absolute Gasteiger partial charge is 0.358 e. The van der Waals surface area contributed by atoms with E-state index < -0.39 is 5.97 Å². The summed E-state index contributed by atoms with van der Waals surface area (Å²) in [7, 11) is 0. The Kier molecular flexibility index (Phi) is 5.11. The quantitative estimate of drug-likeness (QED) is 0.579. The molecule has 0 amide bonds. The van der Waals surface area contributed by atoms with Crippen LogP contribution in [-0.4, -0.2) is 22.1 Å². The molecule has 0 aliphatic carbocycles. The van der Waals surface area contributed by atoms with E-state index in [2.05, 4.69) is 4.98 Å². The number of benzene rings is 2. The van der Waals surface area contributed by atoms with E-state index in [1.807, 2.05) is 35.8 Å². The number of carbonyl (C=O) groups is 1. The number of ether oxygens (including phenoxy) is 1. The third-order valence-electron chi connectivity index (χ3n) is 3.76. The van der Waals surface area contributed by atoms with E-state index >= 15 is 0 Å². The number of aromatic nitrogens is 2.